The van der Waals surface area contributed by atoms with Gasteiger partial charge >= 0.3 is 5.97 Å². The van der Waals surface area contributed by atoms with Gasteiger partial charge in [-0.05, 0) is 12.5 Å². The standard InChI is InChI=1S/C12H16ClNO6S/c1-19-10-7-11(20-2)9(6-8(10)13)14-21(17,18)5-3-4-12(15)16/h6-7,14H,3-5H2,1-2H3,(H,15,16). The van der Waals surface area contributed by atoms with Gasteiger partial charge in [0.05, 0.1) is 30.7 Å². The largest absolute Gasteiger partial charge is 0.495 e. The Bertz CT molecular complexity index is 616. The van der Waals surface area contributed by atoms with Crippen LogP contribution in [0.5, 0.6) is 11.5 Å². The number of ether oxygens (including phenoxy) is 2. The summed E-state index contributed by atoms with van der Waals surface area (Å²) in [5.74, 6) is -0.762. The van der Waals surface area contributed by atoms with Gasteiger partial charge in [0.1, 0.15) is 11.5 Å². The van der Waals surface area contributed by atoms with E-state index in [2.05, 4.69) is 4.72 Å². The van der Waals surface area contributed by atoms with Crippen molar-refractivity contribution >= 4 is 33.3 Å². The first kappa shape index (κ1) is 17.4. The second kappa shape index (κ2) is 7.37. The molecule has 0 aliphatic carbocycles. The number of nitrogens with one attached hydrogen (secondary N) is 1. The number of carboxylic acids is 1. The zero-order valence-electron chi connectivity index (χ0n) is 11.6. The Labute approximate surface area is 127 Å². The van der Waals surface area contributed by atoms with Crippen molar-refractivity contribution in [2.75, 3.05) is 24.7 Å². The Hall–Kier alpha value is -1.67. The molecule has 1 aromatic carbocycles. The van der Waals surface area contributed by atoms with Gasteiger partial charge in [-0.1, -0.05) is 11.6 Å². The molecule has 0 amide bonds. The second-order valence-corrected chi connectivity index (χ2v) is 6.35. The SMILES string of the molecule is COc1cc(OC)c(NS(=O)(=O)CCCC(=O)O)cc1Cl. The highest BCUT2D eigenvalue weighted by Crippen LogP contribution is 2.36. The molecule has 0 heterocycles. The second-order valence-electron chi connectivity index (χ2n) is 4.11. The van der Waals surface area contributed by atoms with Gasteiger partial charge in [0.2, 0.25) is 10.0 Å². The van der Waals surface area contributed by atoms with Gasteiger partial charge in [0.15, 0.2) is 0 Å². The number of carbonyl (C=O) groups is 1. The zero-order valence-corrected chi connectivity index (χ0v) is 13.1. The lowest BCUT2D eigenvalue weighted by atomic mass is 10.3. The smallest absolute Gasteiger partial charge is 0.303 e. The number of rotatable bonds is 8. The van der Waals surface area contributed by atoms with Crippen LogP contribution in [0.15, 0.2) is 12.1 Å². The predicted octanol–water partition coefficient (Wildman–Crippen LogP) is 1.96. The minimum Gasteiger partial charge on any atom is -0.495 e. The number of hydrogen-bond acceptors (Lipinski definition) is 5. The fourth-order valence-electron chi connectivity index (χ4n) is 1.57. The summed E-state index contributed by atoms with van der Waals surface area (Å²) in [5, 5.41) is 8.73. The highest BCUT2D eigenvalue weighted by atomic mass is 35.5. The van der Waals surface area contributed by atoms with E-state index in [1.807, 2.05) is 0 Å². The molecule has 0 unspecified atom stereocenters. The van der Waals surface area contributed by atoms with E-state index in [-0.39, 0.29) is 35.1 Å². The molecule has 1 rings (SSSR count). The van der Waals surface area contributed by atoms with Crippen LogP contribution in [0.2, 0.25) is 5.02 Å². The van der Waals surface area contributed by atoms with Crippen LogP contribution in [0.25, 0.3) is 0 Å². The van der Waals surface area contributed by atoms with Crippen LogP contribution in [-0.2, 0) is 14.8 Å². The van der Waals surface area contributed by atoms with E-state index in [9.17, 15) is 13.2 Å². The molecule has 0 radical (unpaired) electrons. The molecule has 0 aliphatic rings. The average Bonchev–Trinajstić information content (AvgIpc) is 2.37. The van der Waals surface area contributed by atoms with Crippen molar-refractivity contribution in [2.24, 2.45) is 0 Å². The lowest BCUT2D eigenvalue weighted by molar-refractivity contribution is -0.137. The Morgan fingerprint density at radius 3 is 2.43 bits per heavy atom. The van der Waals surface area contributed by atoms with E-state index in [1.54, 1.807) is 0 Å². The van der Waals surface area contributed by atoms with Crippen molar-refractivity contribution in [3.8, 4) is 11.5 Å². The minimum atomic E-state index is -3.69. The maximum absolute atomic E-state index is 11.9. The third-order valence-corrected chi connectivity index (χ3v) is 4.20. The van der Waals surface area contributed by atoms with E-state index >= 15 is 0 Å². The first-order valence-electron chi connectivity index (χ1n) is 5.93. The van der Waals surface area contributed by atoms with Crippen molar-refractivity contribution in [3.63, 3.8) is 0 Å². The number of anilines is 1. The normalized spacial score (nSPS) is 11.0. The molecule has 0 bridgehead atoms. The summed E-state index contributed by atoms with van der Waals surface area (Å²) in [7, 11) is -0.885. The molecular weight excluding hydrogens is 322 g/mol. The van der Waals surface area contributed by atoms with Gasteiger partial charge < -0.3 is 14.6 Å². The van der Waals surface area contributed by atoms with Crippen LogP contribution >= 0.6 is 11.6 Å². The Morgan fingerprint density at radius 1 is 1.29 bits per heavy atom. The number of methoxy groups -OCH3 is 2. The van der Waals surface area contributed by atoms with Gasteiger partial charge in [-0.3, -0.25) is 9.52 Å². The topological polar surface area (TPSA) is 102 Å². The molecule has 1 aromatic rings. The van der Waals surface area contributed by atoms with E-state index in [0.717, 1.165) is 0 Å². The van der Waals surface area contributed by atoms with E-state index in [1.165, 1.54) is 26.4 Å². The van der Waals surface area contributed by atoms with Gasteiger partial charge in [0.25, 0.3) is 0 Å². The molecule has 9 heteroatoms. The van der Waals surface area contributed by atoms with E-state index < -0.39 is 16.0 Å². The Balaban J connectivity index is 2.91. The fraction of sp³-hybridized carbons (Fsp3) is 0.417. The Kier molecular flexibility index (Phi) is 6.10. The van der Waals surface area contributed by atoms with Crippen LogP contribution in [0.1, 0.15) is 12.8 Å². The summed E-state index contributed by atoms with van der Waals surface area (Å²) >= 11 is 5.94. The highest BCUT2D eigenvalue weighted by molar-refractivity contribution is 7.92. The van der Waals surface area contributed by atoms with Crippen LogP contribution in [0.4, 0.5) is 5.69 Å². The maximum atomic E-state index is 11.9. The molecule has 0 saturated carbocycles. The first-order valence-corrected chi connectivity index (χ1v) is 7.96. The first-order chi connectivity index (χ1) is 9.79. The van der Waals surface area contributed by atoms with E-state index in [4.69, 9.17) is 26.2 Å². The summed E-state index contributed by atoms with van der Waals surface area (Å²) in [6.45, 7) is 0. The van der Waals surface area contributed by atoms with Gasteiger partial charge in [-0.2, -0.15) is 0 Å². The molecule has 0 aromatic heterocycles. The van der Waals surface area contributed by atoms with Gasteiger partial charge in [-0.25, -0.2) is 8.42 Å². The number of carboxylic acid groups (broad SMARTS) is 1. The zero-order chi connectivity index (χ0) is 16.0. The van der Waals surface area contributed by atoms with Crippen LogP contribution in [0.3, 0.4) is 0 Å². The number of hydrogen-bond donors (Lipinski definition) is 2. The van der Waals surface area contributed by atoms with Crippen molar-refractivity contribution in [1.82, 2.24) is 0 Å². The van der Waals surface area contributed by atoms with E-state index in [0.29, 0.717) is 5.75 Å². The summed E-state index contributed by atoms with van der Waals surface area (Å²) in [4.78, 5) is 10.4. The molecule has 118 valence electrons. The maximum Gasteiger partial charge on any atom is 0.303 e. The molecule has 7 nitrogen and oxygen atoms in total. The molecule has 2 N–H and O–H groups in total. The predicted molar refractivity (Wildman–Crippen MR) is 78.8 cm³/mol. The number of aliphatic carboxylic acids is 1. The number of sulfonamides is 1. The van der Waals surface area contributed by atoms with Crippen molar-refractivity contribution in [2.45, 2.75) is 12.8 Å². The molecule has 0 saturated heterocycles. The molecule has 0 aliphatic heterocycles. The minimum absolute atomic E-state index is 0.0108. The van der Waals surface area contributed by atoms with Gasteiger partial charge in [0, 0.05) is 12.5 Å². The molecule has 0 spiro atoms. The lowest BCUT2D eigenvalue weighted by Gasteiger charge is -2.14. The van der Waals surface area contributed by atoms with Crippen molar-refractivity contribution < 1.29 is 27.8 Å². The Morgan fingerprint density at radius 2 is 1.90 bits per heavy atom. The van der Waals surface area contributed by atoms with Gasteiger partial charge in [-0.15, -0.1) is 0 Å². The molecule has 0 fully saturated rings. The third kappa shape index (κ3) is 5.31. The summed E-state index contributed by atoms with van der Waals surface area (Å²) < 4.78 is 36.2. The lowest BCUT2D eigenvalue weighted by Crippen LogP contribution is -2.18. The summed E-state index contributed by atoms with van der Waals surface area (Å²) in [6, 6.07) is 2.82. The van der Waals surface area contributed by atoms with Crippen LogP contribution < -0.4 is 14.2 Å². The van der Waals surface area contributed by atoms with Crippen LogP contribution in [-0.4, -0.2) is 39.5 Å². The summed E-state index contributed by atoms with van der Waals surface area (Å²) in [5.41, 5.74) is 0.165. The van der Waals surface area contributed by atoms with Crippen LogP contribution in [0, 0.1) is 0 Å². The number of benzene rings is 1. The highest BCUT2D eigenvalue weighted by Gasteiger charge is 2.16. The average molecular weight is 338 g/mol. The summed E-state index contributed by atoms with van der Waals surface area (Å²) in [6.07, 6.45) is -0.210. The monoisotopic (exact) mass is 337 g/mol. The fourth-order valence-corrected chi connectivity index (χ4v) is 2.93. The molecular formula is C12H16ClNO6S. The number of halogens is 1. The quantitative estimate of drug-likeness (QED) is 0.751. The molecule has 21 heavy (non-hydrogen) atoms. The third-order valence-electron chi connectivity index (χ3n) is 2.54. The molecule has 0 atom stereocenters. The van der Waals surface area contributed by atoms with Crippen molar-refractivity contribution in [1.29, 1.82) is 0 Å². The van der Waals surface area contributed by atoms with Crippen molar-refractivity contribution in [3.05, 3.63) is 17.2 Å².